The van der Waals surface area contributed by atoms with Gasteiger partial charge in [0.15, 0.2) is 0 Å². The van der Waals surface area contributed by atoms with Crippen molar-refractivity contribution < 1.29 is 9.90 Å². The Morgan fingerprint density at radius 2 is 1.90 bits per heavy atom. The summed E-state index contributed by atoms with van der Waals surface area (Å²) in [7, 11) is 0. The standard InChI is InChI=1S/C17H22N2O2/c1-6-13-18-11-8-7-10(14(20)21)9-12(11)19(13)15-16(2,3)17(15,4)5/h7-9,15H,6H2,1-5H3,(H,20,21). The Morgan fingerprint density at radius 1 is 1.29 bits per heavy atom. The minimum absolute atomic E-state index is 0.184. The second-order valence-corrected chi connectivity index (χ2v) is 7.11. The zero-order valence-corrected chi connectivity index (χ0v) is 13.3. The molecule has 0 atom stereocenters. The van der Waals surface area contributed by atoms with Crippen LogP contribution in [0.15, 0.2) is 18.2 Å². The average Bonchev–Trinajstić information content (AvgIpc) is 2.72. The molecule has 0 amide bonds. The molecule has 1 heterocycles. The van der Waals surface area contributed by atoms with E-state index >= 15 is 0 Å². The van der Waals surface area contributed by atoms with Gasteiger partial charge in [0.2, 0.25) is 0 Å². The van der Waals surface area contributed by atoms with E-state index < -0.39 is 5.97 Å². The van der Waals surface area contributed by atoms with Crippen molar-refractivity contribution in [2.45, 2.75) is 47.1 Å². The number of carbonyl (C=O) groups is 1. The highest BCUT2D eigenvalue weighted by atomic mass is 16.4. The van der Waals surface area contributed by atoms with E-state index in [1.54, 1.807) is 12.1 Å². The maximum absolute atomic E-state index is 11.2. The maximum atomic E-state index is 11.2. The molecule has 3 rings (SSSR count). The van der Waals surface area contributed by atoms with Crippen molar-refractivity contribution >= 4 is 17.0 Å². The van der Waals surface area contributed by atoms with Crippen LogP contribution >= 0.6 is 0 Å². The summed E-state index contributed by atoms with van der Waals surface area (Å²) in [6.07, 6.45) is 0.847. The van der Waals surface area contributed by atoms with E-state index in [-0.39, 0.29) is 10.8 Å². The van der Waals surface area contributed by atoms with Crippen molar-refractivity contribution in [2.24, 2.45) is 10.8 Å². The molecule has 0 radical (unpaired) electrons. The van der Waals surface area contributed by atoms with Crippen LogP contribution < -0.4 is 0 Å². The summed E-state index contributed by atoms with van der Waals surface area (Å²) in [4.78, 5) is 15.9. The molecule has 2 aromatic rings. The van der Waals surface area contributed by atoms with Gasteiger partial charge in [0.25, 0.3) is 0 Å². The third-order valence-electron chi connectivity index (χ3n) is 5.53. The number of benzene rings is 1. The summed E-state index contributed by atoms with van der Waals surface area (Å²) in [5, 5.41) is 9.23. The predicted octanol–water partition coefficient (Wildman–Crippen LogP) is 3.90. The number of fused-ring (bicyclic) bond motifs is 1. The molecular formula is C17H22N2O2. The van der Waals surface area contributed by atoms with Crippen LogP contribution in [0.25, 0.3) is 11.0 Å². The van der Waals surface area contributed by atoms with Crippen LogP contribution in [0, 0.1) is 10.8 Å². The summed E-state index contributed by atoms with van der Waals surface area (Å²) in [5.41, 5.74) is 2.52. The zero-order chi connectivity index (χ0) is 15.6. The van der Waals surface area contributed by atoms with Crippen LogP contribution in [-0.2, 0) is 6.42 Å². The number of aromatic carboxylic acids is 1. The summed E-state index contributed by atoms with van der Waals surface area (Å²) in [5.74, 6) is 0.146. The second-order valence-electron chi connectivity index (χ2n) is 7.11. The number of aromatic nitrogens is 2. The van der Waals surface area contributed by atoms with Crippen molar-refractivity contribution in [1.82, 2.24) is 9.55 Å². The Hall–Kier alpha value is -1.84. The number of hydrogen-bond donors (Lipinski definition) is 1. The molecule has 0 bridgehead atoms. The van der Waals surface area contributed by atoms with E-state index in [1.165, 1.54) is 0 Å². The molecule has 1 N–H and O–H groups in total. The van der Waals surface area contributed by atoms with Crippen LogP contribution in [0.1, 0.15) is 56.8 Å². The third kappa shape index (κ3) is 1.74. The van der Waals surface area contributed by atoms with Crippen molar-refractivity contribution in [2.75, 3.05) is 0 Å². The van der Waals surface area contributed by atoms with Crippen LogP contribution in [0.5, 0.6) is 0 Å². The highest BCUT2D eigenvalue weighted by Crippen LogP contribution is 2.72. The fraction of sp³-hybridized carbons (Fsp3) is 0.529. The molecule has 1 aliphatic carbocycles. The van der Waals surface area contributed by atoms with Gasteiger partial charge >= 0.3 is 5.97 Å². The van der Waals surface area contributed by atoms with Crippen LogP contribution in [0.4, 0.5) is 0 Å². The zero-order valence-electron chi connectivity index (χ0n) is 13.3. The van der Waals surface area contributed by atoms with E-state index in [2.05, 4.69) is 39.2 Å². The number of imidazole rings is 1. The average molecular weight is 286 g/mol. The number of nitrogens with zero attached hydrogens (tertiary/aromatic N) is 2. The molecule has 1 saturated carbocycles. The Labute approximate surface area is 124 Å². The topological polar surface area (TPSA) is 55.1 Å². The molecule has 0 spiro atoms. The monoisotopic (exact) mass is 286 g/mol. The van der Waals surface area contributed by atoms with E-state index in [9.17, 15) is 9.90 Å². The van der Waals surface area contributed by atoms with Gasteiger partial charge in [-0.3, -0.25) is 0 Å². The first-order valence-corrected chi connectivity index (χ1v) is 7.46. The highest BCUT2D eigenvalue weighted by Gasteiger charge is 2.66. The molecule has 0 saturated heterocycles. The minimum atomic E-state index is -0.892. The quantitative estimate of drug-likeness (QED) is 0.931. The fourth-order valence-electron chi connectivity index (χ4n) is 3.62. The molecule has 0 aliphatic heterocycles. The van der Waals surface area contributed by atoms with E-state index in [1.807, 2.05) is 6.07 Å². The predicted molar refractivity (Wildman–Crippen MR) is 82.7 cm³/mol. The number of aryl methyl sites for hydroxylation is 1. The number of hydrogen-bond acceptors (Lipinski definition) is 2. The van der Waals surface area contributed by atoms with Gasteiger partial charge in [0.05, 0.1) is 16.6 Å². The maximum Gasteiger partial charge on any atom is 0.335 e. The first kappa shape index (κ1) is 14.1. The third-order valence-corrected chi connectivity index (χ3v) is 5.53. The van der Waals surface area contributed by atoms with Crippen molar-refractivity contribution in [1.29, 1.82) is 0 Å². The van der Waals surface area contributed by atoms with Crippen LogP contribution in [-0.4, -0.2) is 20.6 Å². The van der Waals surface area contributed by atoms with Gasteiger partial charge in [-0.1, -0.05) is 34.6 Å². The Bertz CT molecular complexity index is 727. The summed E-state index contributed by atoms with van der Waals surface area (Å²) in [6.45, 7) is 11.2. The lowest BCUT2D eigenvalue weighted by Crippen LogP contribution is -2.06. The molecule has 1 aromatic heterocycles. The molecular weight excluding hydrogens is 264 g/mol. The summed E-state index contributed by atoms with van der Waals surface area (Å²) >= 11 is 0. The molecule has 1 fully saturated rings. The molecule has 0 unspecified atom stereocenters. The number of carboxylic acid groups (broad SMARTS) is 1. The van der Waals surface area contributed by atoms with Crippen LogP contribution in [0.2, 0.25) is 0 Å². The largest absolute Gasteiger partial charge is 0.478 e. The fourth-order valence-corrected chi connectivity index (χ4v) is 3.62. The van der Waals surface area contributed by atoms with Gasteiger partial charge in [0, 0.05) is 12.5 Å². The van der Waals surface area contributed by atoms with Crippen LogP contribution in [0.3, 0.4) is 0 Å². The number of rotatable bonds is 3. The second kappa shape index (κ2) is 4.09. The van der Waals surface area contributed by atoms with Gasteiger partial charge in [-0.15, -0.1) is 0 Å². The van der Waals surface area contributed by atoms with Gasteiger partial charge in [-0.25, -0.2) is 9.78 Å². The van der Waals surface area contributed by atoms with E-state index in [0.717, 1.165) is 23.3 Å². The normalized spacial score (nSPS) is 19.9. The lowest BCUT2D eigenvalue weighted by atomic mass is 10.0. The van der Waals surface area contributed by atoms with E-state index in [4.69, 9.17) is 4.98 Å². The first-order chi connectivity index (χ1) is 9.71. The van der Waals surface area contributed by atoms with Crippen molar-refractivity contribution in [3.8, 4) is 0 Å². The Kier molecular flexibility index (Phi) is 2.75. The SMILES string of the molecule is CCc1nc2ccc(C(=O)O)cc2n1C1C(C)(C)C1(C)C. The summed E-state index contributed by atoms with van der Waals surface area (Å²) < 4.78 is 2.27. The summed E-state index contributed by atoms with van der Waals surface area (Å²) in [6, 6.07) is 5.56. The first-order valence-electron chi connectivity index (χ1n) is 7.46. The number of carboxylic acids is 1. The van der Waals surface area contributed by atoms with Crippen molar-refractivity contribution in [3.05, 3.63) is 29.6 Å². The Morgan fingerprint density at radius 3 is 2.38 bits per heavy atom. The minimum Gasteiger partial charge on any atom is -0.478 e. The van der Waals surface area contributed by atoms with Gasteiger partial charge < -0.3 is 9.67 Å². The molecule has 112 valence electrons. The lowest BCUT2D eigenvalue weighted by molar-refractivity contribution is 0.0697. The molecule has 1 aromatic carbocycles. The molecule has 4 heteroatoms. The van der Waals surface area contributed by atoms with Gasteiger partial charge in [0.1, 0.15) is 5.82 Å². The lowest BCUT2D eigenvalue weighted by Gasteiger charge is -2.11. The molecule has 1 aliphatic rings. The smallest absolute Gasteiger partial charge is 0.335 e. The highest BCUT2D eigenvalue weighted by molar-refractivity contribution is 5.92. The van der Waals surface area contributed by atoms with Gasteiger partial charge in [-0.05, 0) is 29.0 Å². The van der Waals surface area contributed by atoms with Gasteiger partial charge in [-0.2, -0.15) is 0 Å². The molecule has 4 nitrogen and oxygen atoms in total. The van der Waals surface area contributed by atoms with E-state index in [0.29, 0.717) is 11.6 Å². The Balaban J connectivity index is 2.25. The van der Waals surface area contributed by atoms with Crippen molar-refractivity contribution in [3.63, 3.8) is 0 Å². The molecule has 21 heavy (non-hydrogen) atoms.